The minimum absolute atomic E-state index is 0. The third kappa shape index (κ3) is 5.17. The van der Waals surface area contributed by atoms with Gasteiger partial charge < -0.3 is 40.9 Å². The number of aromatic nitrogens is 1. The first-order valence-electron chi connectivity index (χ1n) is 15.3. The van der Waals surface area contributed by atoms with E-state index in [1.54, 1.807) is 0 Å². The maximum atomic E-state index is 5.08. The molecule has 0 saturated carbocycles. The van der Waals surface area contributed by atoms with E-state index in [9.17, 15) is 0 Å². The van der Waals surface area contributed by atoms with Gasteiger partial charge in [-0.3, -0.25) is 0 Å². The van der Waals surface area contributed by atoms with Crippen molar-refractivity contribution >= 4 is 22.4 Å². The predicted molar refractivity (Wildman–Crippen MR) is 176 cm³/mol. The van der Waals surface area contributed by atoms with Crippen LogP contribution in [-0.4, -0.2) is 11.7 Å². The number of nitrogens with zero attached hydrogens (tertiary/aromatic N) is 8. The Morgan fingerprint density at radius 1 is 0.444 bits per heavy atom. The SMILES string of the molecule is CC.CC.[Cu].c1ccc2c(c1)C1=NC3[N-]C(N=C4[N-]C(N=c5[n-]c(c6ccccc56)=NC2[N-]1)c1ccccc14)c1ccccc13. The van der Waals surface area contributed by atoms with E-state index in [-0.39, 0.29) is 17.1 Å². The molecule has 45 heavy (non-hydrogen) atoms. The van der Waals surface area contributed by atoms with Gasteiger partial charge in [0.15, 0.2) is 0 Å². The molecule has 8 bridgehead atoms. The Hall–Kier alpha value is -4.56. The van der Waals surface area contributed by atoms with Gasteiger partial charge in [0.05, 0.1) is 0 Å². The second kappa shape index (κ2) is 12.8. The number of hydrogen-bond donors (Lipinski definition) is 0. The first-order valence-corrected chi connectivity index (χ1v) is 15.3. The van der Waals surface area contributed by atoms with Crippen LogP contribution < -0.4 is 16.0 Å². The standard InChI is InChI=1S/C32H20N8.2C2H6.Cu/c1-2-10-18-17(9-1)25-33-26(18)38-28-21-13-5-6-14-22(21)30(35-28)40-32-24-16-8-7-15-23(24)31(36-32)39-29-20-12-4-3-11-19(20)27(34-29)37-25;2*1-2;/h1-16,25-26,29-30H;2*1-2H3;/q-4;;;. The minimum Gasteiger partial charge on any atom is -0.651 e. The van der Waals surface area contributed by atoms with Gasteiger partial charge in [-0.25, -0.2) is 0 Å². The number of fused-ring (bicyclic) bond motifs is 20. The summed E-state index contributed by atoms with van der Waals surface area (Å²) in [5.41, 5.74) is 7.22. The molecule has 8 nitrogen and oxygen atoms in total. The van der Waals surface area contributed by atoms with Gasteiger partial charge in [0.2, 0.25) is 0 Å². The second-order valence-electron chi connectivity index (χ2n) is 10.2. The quantitative estimate of drug-likeness (QED) is 0.158. The van der Waals surface area contributed by atoms with Crippen LogP contribution in [0.2, 0.25) is 0 Å². The van der Waals surface area contributed by atoms with Gasteiger partial charge in [-0.1, -0.05) is 148 Å². The molecule has 9 heteroatoms. The van der Waals surface area contributed by atoms with Crippen LogP contribution in [-0.2, 0) is 17.1 Å². The van der Waals surface area contributed by atoms with Gasteiger partial charge in [0.25, 0.3) is 0 Å². The summed E-state index contributed by atoms with van der Waals surface area (Å²) >= 11 is 0. The molecule has 5 aromatic rings. The number of amidine groups is 2. The van der Waals surface area contributed by atoms with Crippen molar-refractivity contribution in [3.63, 3.8) is 0 Å². The molecule has 0 N–H and O–H groups in total. The largest absolute Gasteiger partial charge is 0.651 e. The molecule has 4 atom stereocenters. The number of aliphatic imine (C=N–C) groups is 2. The maximum absolute atomic E-state index is 5.08. The Balaban J connectivity index is 0.000000689. The average molecular weight is 640 g/mol. The molecule has 0 fully saturated rings. The molecule has 5 heterocycles. The van der Waals surface area contributed by atoms with E-state index in [4.69, 9.17) is 40.9 Å². The molecule has 4 aromatic carbocycles. The van der Waals surface area contributed by atoms with Crippen LogP contribution >= 0.6 is 0 Å². The number of hydrogen-bond acceptors (Lipinski definition) is 4. The Bertz CT molecular complexity index is 1900. The normalized spacial score (nSPS) is 21.2. The number of rotatable bonds is 0. The molecule has 4 aliphatic rings. The van der Waals surface area contributed by atoms with E-state index in [0.717, 1.165) is 44.2 Å². The summed E-state index contributed by atoms with van der Waals surface area (Å²) in [6.45, 7) is 8.00. The van der Waals surface area contributed by atoms with Crippen molar-refractivity contribution in [1.82, 2.24) is 4.98 Å². The summed E-state index contributed by atoms with van der Waals surface area (Å²) in [7, 11) is 0. The van der Waals surface area contributed by atoms with E-state index < -0.39 is 24.7 Å². The Labute approximate surface area is 273 Å². The Morgan fingerprint density at radius 3 is 1.27 bits per heavy atom. The Morgan fingerprint density at radius 2 is 0.822 bits per heavy atom. The fourth-order valence-corrected chi connectivity index (χ4v) is 6.00. The first-order chi connectivity index (χ1) is 21.8. The zero-order valence-corrected chi connectivity index (χ0v) is 26.4. The van der Waals surface area contributed by atoms with Crippen molar-refractivity contribution in [2.24, 2.45) is 20.0 Å². The second-order valence-corrected chi connectivity index (χ2v) is 10.2. The summed E-state index contributed by atoms with van der Waals surface area (Å²) in [6, 6.07) is 32.5. The van der Waals surface area contributed by atoms with Gasteiger partial charge in [-0.05, 0) is 33.0 Å². The fraction of sp³-hybridized carbons (Fsp3) is 0.222. The topological polar surface area (TPSA) is 106 Å². The molecule has 0 saturated heterocycles. The summed E-state index contributed by atoms with van der Waals surface area (Å²) < 4.78 is 0. The third-order valence-corrected chi connectivity index (χ3v) is 7.88. The van der Waals surface area contributed by atoms with Gasteiger partial charge in [0.1, 0.15) is 0 Å². The van der Waals surface area contributed by atoms with Gasteiger partial charge >= 0.3 is 0 Å². The van der Waals surface area contributed by atoms with E-state index in [1.807, 2.05) is 100 Å². The summed E-state index contributed by atoms with van der Waals surface area (Å²) in [6.07, 6.45) is -1.76. The molecule has 0 amide bonds. The predicted octanol–water partition coefficient (Wildman–Crippen LogP) is 7.85. The van der Waals surface area contributed by atoms with E-state index in [1.165, 1.54) is 0 Å². The van der Waals surface area contributed by atoms with Crippen LogP contribution in [0.4, 0.5) is 0 Å². The smallest absolute Gasteiger partial charge is 0.0217 e. The van der Waals surface area contributed by atoms with Crippen molar-refractivity contribution in [3.05, 3.63) is 157 Å². The molecule has 1 aromatic heterocycles. The zero-order valence-electron chi connectivity index (χ0n) is 25.4. The third-order valence-electron chi connectivity index (χ3n) is 7.88. The van der Waals surface area contributed by atoms with Crippen molar-refractivity contribution < 1.29 is 17.1 Å². The minimum atomic E-state index is -0.456. The van der Waals surface area contributed by atoms with Gasteiger partial charge in [-0.2, -0.15) is 0 Å². The molecule has 0 aliphatic carbocycles. The van der Waals surface area contributed by atoms with E-state index in [2.05, 4.69) is 24.3 Å². The zero-order chi connectivity index (χ0) is 30.2. The fourth-order valence-electron chi connectivity index (χ4n) is 6.00. The number of benzene rings is 4. The molecular formula is C36H32CuN8-4. The monoisotopic (exact) mass is 639 g/mol. The molecule has 1 radical (unpaired) electrons. The molecule has 9 rings (SSSR count). The van der Waals surface area contributed by atoms with Gasteiger partial charge in [0, 0.05) is 40.4 Å². The molecule has 4 aliphatic heterocycles. The molecule has 0 spiro atoms. The maximum Gasteiger partial charge on any atom is 0.0217 e. The van der Waals surface area contributed by atoms with E-state index >= 15 is 0 Å². The van der Waals surface area contributed by atoms with Crippen molar-refractivity contribution in [2.75, 3.05) is 0 Å². The van der Waals surface area contributed by atoms with Crippen LogP contribution in [0.15, 0.2) is 117 Å². The van der Waals surface area contributed by atoms with Crippen LogP contribution in [0.25, 0.3) is 26.7 Å². The van der Waals surface area contributed by atoms with Crippen molar-refractivity contribution in [2.45, 2.75) is 52.4 Å². The average Bonchev–Trinajstić information content (AvgIpc) is 3.82. The molecular weight excluding hydrogens is 608 g/mol. The molecule has 4 unspecified atom stereocenters. The molecule has 231 valence electrons. The van der Waals surface area contributed by atoms with Crippen LogP contribution in [0.3, 0.4) is 0 Å². The van der Waals surface area contributed by atoms with Crippen molar-refractivity contribution in [3.8, 4) is 0 Å². The van der Waals surface area contributed by atoms with Crippen LogP contribution in [0.1, 0.15) is 85.7 Å². The summed E-state index contributed by atoms with van der Waals surface area (Å²) in [5, 5.41) is 16.9. The Kier molecular flexibility index (Phi) is 8.67. The van der Waals surface area contributed by atoms with Crippen LogP contribution in [0, 0.1) is 0 Å². The van der Waals surface area contributed by atoms with Gasteiger partial charge in [-0.15, -0.1) is 12.3 Å². The van der Waals surface area contributed by atoms with Crippen molar-refractivity contribution in [1.29, 1.82) is 0 Å². The summed E-state index contributed by atoms with van der Waals surface area (Å²) in [4.78, 5) is 25.2. The first kappa shape index (κ1) is 30.5. The van der Waals surface area contributed by atoms with Crippen LogP contribution in [0.5, 0.6) is 0 Å². The van der Waals surface area contributed by atoms with E-state index in [0.29, 0.717) is 22.6 Å². The summed E-state index contributed by atoms with van der Waals surface area (Å²) in [5.74, 6) is 1.29.